The van der Waals surface area contributed by atoms with Crippen LogP contribution >= 0.6 is 0 Å². The zero-order valence-corrected chi connectivity index (χ0v) is 20.3. The lowest BCUT2D eigenvalue weighted by Gasteiger charge is -2.30. The molecule has 0 spiro atoms. The summed E-state index contributed by atoms with van der Waals surface area (Å²) >= 11 is 0. The van der Waals surface area contributed by atoms with E-state index in [4.69, 9.17) is 15.9 Å². The number of Topliss-reactive ketones (excluding diaryl/α,β-unsaturated/α-hetero) is 1. The maximum absolute atomic E-state index is 13.1. The number of hydrogen-bond donors (Lipinski definition) is 0. The number of benzene rings is 1. The molecular formula is C28H26F3N3O3. The van der Waals surface area contributed by atoms with Gasteiger partial charge in [0.25, 0.3) is 0 Å². The number of aromatic nitrogens is 2. The number of carbonyl (C=O) groups is 1. The molecular weight excluding hydrogens is 483 g/mol. The Morgan fingerprint density at radius 1 is 1.16 bits per heavy atom. The largest absolute Gasteiger partial charge is 0.475 e. The molecule has 1 fully saturated rings. The van der Waals surface area contributed by atoms with E-state index in [9.17, 15) is 18.0 Å². The number of alkyl halides is 3. The van der Waals surface area contributed by atoms with Crippen LogP contribution in [-0.2, 0) is 17.3 Å². The van der Waals surface area contributed by atoms with Crippen molar-refractivity contribution in [2.24, 2.45) is 0 Å². The van der Waals surface area contributed by atoms with Crippen molar-refractivity contribution >= 4 is 11.5 Å². The van der Waals surface area contributed by atoms with E-state index >= 15 is 0 Å². The molecule has 2 aromatic heterocycles. The predicted octanol–water partition coefficient (Wildman–Crippen LogP) is 5.13. The Kier molecular flexibility index (Phi) is 8.09. The monoisotopic (exact) mass is 509 g/mol. The molecule has 1 aliphatic heterocycles. The number of morpholine rings is 1. The molecule has 0 bridgehead atoms. The summed E-state index contributed by atoms with van der Waals surface area (Å²) in [5, 5.41) is 0. The van der Waals surface area contributed by atoms with Crippen LogP contribution in [0.25, 0.3) is 11.1 Å². The van der Waals surface area contributed by atoms with Crippen LogP contribution in [0.15, 0.2) is 48.8 Å². The van der Waals surface area contributed by atoms with Gasteiger partial charge in [0, 0.05) is 60.7 Å². The third-order valence-electron chi connectivity index (χ3n) is 6.00. The number of carbonyl (C=O) groups excluding carboxylic acids is 1. The van der Waals surface area contributed by atoms with E-state index in [1.54, 1.807) is 12.4 Å². The zero-order valence-electron chi connectivity index (χ0n) is 20.3. The second-order valence-electron chi connectivity index (χ2n) is 8.61. The van der Waals surface area contributed by atoms with Gasteiger partial charge in [-0.1, -0.05) is 12.1 Å². The van der Waals surface area contributed by atoms with Gasteiger partial charge in [-0.2, -0.15) is 13.2 Å². The van der Waals surface area contributed by atoms with Gasteiger partial charge in [0.1, 0.15) is 12.3 Å². The van der Waals surface area contributed by atoms with Crippen LogP contribution < -0.4 is 9.64 Å². The molecule has 6 nitrogen and oxygen atoms in total. The molecule has 9 heteroatoms. The smallest absolute Gasteiger partial charge is 0.416 e. The van der Waals surface area contributed by atoms with Gasteiger partial charge in [-0.15, -0.1) is 12.3 Å². The first kappa shape index (κ1) is 26.2. The lowest BCUT2D eigenvalue weighted by molar-refractivity contribution is -0.137. The highest BCUT2D eigenvalue weighted by molar-refractivity contribution is 5.97. The average molecular weight is 510 g/mol. The van der Waals surface area contributed by atoms with E-state index in [0.717, 1.165) is 34.6 Å². The van der Waals surface area contributed by atoms with Crippen LogP contribution in [0.4, 0.5) is 18.9 Å². The van der Waals surface area contributed by atoms with Crippen LogP contribution in [0.2, 0.25) is 0 Å². The molecule has 0 N–H and O–H groups in total. The number of rotatable bonds is 8. The number of hydrogen-bond acceptors (Lipinski definition) is 6. The number of aryl methyl sites for hydroxylation is 1. The van der Waals surface area contributed by atoms with Crippen LogP contribution in [0.1, 0.15) is 33.6 Å². The third kappa shape index (κ3) is 6.46. The van der Waals surface area contributed by atoms with Gasteiger partial charge in [0.2, 0.25) is 5.88 Å². The summed E-state index contributed by atoms with van der Waals surface area (Å²) in [5.74, 6) is 2.60. The van der Waals surface area contributed by atoms with Gasteiger partial charge in [-0.05, 0) is 36.8 Å². The van der Waals surface area contributed by atoms with Gasteiger partial charge in [-0.3, -0.25) is 9.78 Å². The van der Waals surface area contributed by atoms with Gasteiger partial charge in [-0.25, -0.2) is 4.98 Å². The summed E-state index contributed by atoms with van der Waals surface area (Å²) in [6, 6.07) is 8.24. The highest BCUT2D eigenvalue weighted by Crippen LogP contribution is 2.34. The fraction of sp³-hybridized carbons (Fsp3) is 0.321. The summed E-state index contributed by atoms with van der Waals surface area (Å²) in [7, 11) is 0. The van der Waals surface area contributed by atoms with Crippen molar-refractivity contribution < 1.29 is 27.4 Å². The fourth-order valence-corrected chi connectivity index (χ4v) is 4.06. The molecule has 1 aromatic carbocycles. The highest BCUT2D eigenvalue weighted by atomic mass is 19.4. The lowest BCUT2D eigenvalue weighted by Crippen LogP contribution is -2.36. The number of anilines is 1. The number of pyridine rings is 2. The van der Waals surface area contributed by atoms with Crippen LogP contribution in [0.5, 0.6) is 5.88 Å². The maximum atomic E-state index is 13.1. The van der Waals surface area contributed by atoms with Gasteiger partial charge < -0.3 is 14.4 Å². The van der Waals surface area contributed by atoms with Crippen LogP contribution in [0, 0.1) is 19.3 Å². The van der Waals surface area contributed by atoms with Crippen molar-refractivity contribution in [3.63, 3.8) is 0 Å². The Labute approximate surface area is 213 Å². The van der Waals surface area contributed by atoms with Gasteiger partial charge in [0.15, 0.2) is 5.78 Å². The zero-order chi connectivity index (χ0) is 26.4. The molecule has 1 saturated heterocycles. The quantitative estimate of drug-likeness (QED) is 0.238. The summed E-state index contributed by atoms with van der Waals surface area (Å²) in [5.41, 5.74) is 2.82. The highest BCUT2D eigenvalue weighted by Gasteiger charge is 2.31. The Bertz CT molecular complexity index is 1310. The van der Waals surface area contributed by atoms with E-state index in [2.05, 4.69) is 20.8 Å². The minimum Gasteiger partial charge on any atom is -0.475 e. The Balaban J connectivity index is 1.62. The molecule has 37 heavy (non-hydrogen) atoms. The number of ketones is 1. The molecule has 0 amide bonds. The number of halogens is 3. The van der Waals surface area contributed by atoms with Crippen molar-refractivity contribution in [3.8, 4) is 29.4 Å². The molecule has 0 unspecified atom stereocenters. The first-order chi connectivity index (χ1) is 17.8. The number of terminal acetylenes is 1. The molecule has 3 aromatic rings. The van der Waals surface area contributed by atoms with Gasteiger partial charge in [0.05, 0.1) is 18.8 Å². The molecule has 1 aliphatic rings. The van der Waals surface area contributed by atoms with Crippen molar-refractivity contribution in [1.82, 2.24) is 9.97 Å². The van der Waals surface area contributed by atoms with Crippen molar-refractivity contribution in [2.75, 3.05) is 37.8 Å². The number of ether oxygens (including phenoxy) is 2. The molecule has 192 valence electrons. The Morgan fingerprint density at radius 2 is 1.95 bits per heavy atom. The SMILES string of the molecule is C#CCCOc1ncc(-c2cc(CC(=O)c3cccc(C(F)(F)F)c3)cnc2C)cc1N1CCOCC1. The molecule has 0 atom stereocenters. The van der Waals surface area contributed by atoms with E-state index in [0.29, 0.717) is 50.8 Å². The fourth-order valence-electron chi connectivity index (χ4n) is 4.06. The van der Waals surface area contributed by atoms with Crippen LogP contribution in [-0.4, -0.2) is 48.7 Å². The molecule has 4 rings (SSSR count). The molecule has 0 saturated carbocycles. The summed E-state index contributed by atoms with van der Waals surface area (Å²) in [4.78, 5) is 23.9. The summed E-state index contributed by atoms with van der Waals surface area (Å²) < 4.78 is 50.5. The van der Waals surface area contributed by atoms with Crippen molar-refractivity contribution in [3.05, 3.63) is 71.2 Å². The Hall–Kier alpha value is -3.90. The van der Waals surface area contributed by atoms with E-state index in [1.165, 1.54) is 12.1 Å². The topological polar surface area (TPSA) is 64.5 Å². The van der Waals surface area contributed by atoms with E-state index in [1.807, 2.05) is 19.1 Å². The van der Waals surface area contributed by atoms with E-state index in [-0.39, 0.29) is 12.0 Å². The van der Waals surface area contributed by atoms with Crippen LogP contribution in [0.3, 0.4) is 0 Å². The second-order valence-corrected chi connectivity index (χ2v) is 8.61. The van der Waals surface area contributed by atoms with Crippen molar-refractivity contribution in [1.29, 1.82) is 0 Å². The number of nitrogens with zero attached hydrogens (tertiary/aromatic N) is 3. The Morgan fingerprint density at radius 3 is 2.68 bits per heavy atom. The third-order valence-corrected chi connectivity index (χ3v) is 6.00. The first-order valence-corrected chi connectivity index (χ1v) is 11.8. The normalized spacial score (nSPS) is 13.8. The van der Waals surface area contributed by atoms with Crippen molar-refractivity contribution in [2.45, 2.75) is 25.9 Å². The maximum Gasteiger partial charge on any atom is 0.416 e. The average Bonchev–Trinajstić information content (AvgIpc) is 2.90. The minimum absolute atomic E-state index is 0.00157. The lowest BCUT2D eigenvalue weighted by atomic mass is 9.98. The summed E-state index contributed by atoms with van der Waals surface area (Å²) in [6.45, 7) is 4.72. The molecule has 0 aliphatic carbocycles. The summed E-state index contributed by atoms with van der Waals surface area (Å²) in [6.07, 6.45) is 4.44. The second kappa shape index (κ2) is 11.4. The first-order valence-electron chi connectivity index (χ1n) is 11.8. The van der Waals surface area contributed by atoms with E-state index < -0.39 is 17.5 Å². The van der Waals surface area contributed by atoms with Gasteiger partial charge >= 0.3 is 6.18 Å². The minimum atomic E-state index is -4.52. The molecule has 3 heterocycles. The predicted molar refractivity (Wildman–Crippen MR) is 134 cm³/mol. The standard InChI is InChI=1S/C28H26F3N3O3/c1-3-4-10-37-27-25(34-8-11-36-12-9-34)16-22(18-33-27)24-13-20(17-32-19(24)2)14-26(35)21-6-5-7-23(15-21)28(29,30)31/h1,5-7,13,15-18H,4,8-12,14H2,2H3. The molecule has 0 radical (unpaired) electrons.